The van der Waals surface area contributed by atoms with Gasteiger partial charge in [-0.3, -0.25) is 19.6 Å². The number of allylic oxidation sites excluding steroid dienone is 6. The largest absolute Gasteiger partial charge is 0.299 e. The normalized spacial score (nSPS) is 38.9. The molecule has 4 heteroatoms. The number of nitrogens with zero attached hydrogens (tertiary/aromatic N) is 4. The highest BCUT2D eigenvalue weighted by Crippen LogP contribution is 2.74. The van der Waals surface area contributed by atoms with Crippen LogP contribution in [0.5, 0.6) is 0 Å². The molecule has 24 rings (SSSR count). The molecule has 28 atom stereocenters. The summed E-state index contributed by atoms with van der Waals surface area (Å²) < 4.78 is 0. The zero-order valence-electron chi connectivity index (χ0n) is 92.4. The first kappa shape index (κ1) is 102. The van der Waals surface area contributed by atoms with Crippen molar-refractivity contribution in [3.05, 3.63) is 228 Å². The van der Waals surface area contributed by atoms with Crippen molar-refractivity contribution in [2.45, 2.75) is 410 Å². The number of fused-ring (bicyclic) bond motifs is 24. The maximum absolute atomic E-state index is 2.75. The van der Waals surface area contributed by atoms with E-state index in [1.165, 1.54) is 260 Å². The van der Waals surface area contributed by atoms with Gasteiger partial charge in [-0.15, -0.1) is 0 Å². The minimum Gasteiger partial charge on any atom is -0.299 e. The molecule has 0 aliphatic heterocycles. The second-order valence-electron chi connectivity index (χ2n) is 56.9. The van der Waals surface area contributed by atoms with Gasteiger partial charge >= 0.3 is 0 Å². The Bertz CT molecular complexity index is 5870. The van der Waals surface area contributed by atoms with E-state index < -0.39 is 0 Å². The Morgan fingerprint density at radius 1 is 0.248 bits per heavy atom. The minimum absolute atomic E-state index is 0. The third kappa shape index (κ3) is 17.7. The first-order valence-electron chi connectivity index (χ1n) is 58.1. The topological polar surface area (TPSA) is 13.0 Å². The van der Waals surface area contributed by atoms with Gasteiger partial charge in [0.25, 0.3) is 0 Å². The quantitative estimate of drug-likeness (QED) is 0.141. The molecule has 0 bridgehead atoms. The first-order valence-corrected chi connectivity index (χ1v) is 58.1. The number of hydrogen-bond acceptors (Lipinski definition) is 4. The lowest BCUT2D eigenvalue weighted by molar-refractivity contribution is -0.120. The number of benzene rings is 8. The summed E-state index contributed by atoms with van der Waals surface area (Å²) >= 11 is 0. The second-order valence-corrected chi connectivity index (χ2v) is 56.9. The molecule has 0 heterocycles. The maximum atomic E-state index is 2.75. The molecule has 4 nitrogen and oxygen atoms in total. The Morgan fingerprint density at radius 3 is 0.943 bits per heavy atom. The molecule has 760 valence electrons. The molecule has 0 aromatic heterocycles. The first-order chi connectivity index (χ1) is 66.4. The van der Waals surface area contributed by atoms with Gasteiger partial charge in [-0.1, -0.05) is 256 Å². The summed E-state index contributed by atoms with van der Waals surface area (Å²) in [7, 11) is 9.47. The molecule has 141 heavy (non-hydrogen) atoms. The van der Waals surface area contributed by atoms with Gasteiger partial charge in [0, 0.05) is 46.3 Å². The van der Waals surface area contributed by atoms with Gasteiger partial charge in [0.2, 0.25) is 0 Å². The lowest BCUT2D eigenvalue weighted by atomic mass is 9.44. The molecule has 0 spiro atoms. The van der Waals surface area contributed by atoms with E-state index in [-0.39, 0.29) is 29.6 Å². The molecule has 12 fully saturated rings. The van der Waals surface area contributed by atoms with E-state index in [4.69, 9.17) is 0 Å². The van der Waals surface area contributed by atoms with Crippen LogP contribution in [-0.4, -0.2) is 94.1 Å². The lowest BCUT2D eigenvalue weighted by Crippen LogP contribution is -2.56. The summed E-state index contributed by atoms with van der Waals surface area (Å²) in [5.74, 6) is 14.1. The zero-order valence-corrected chi connectivity index (χ0v) is 92.4. The molecular formula is C137H192N4. The Hall–Kier alpha value is -6.40. The van der Waals surface area contributed by atoms with E-state index in [0.717, 1.165) is 107 Å². The average Bonchev–Trinajstić information content (AvgIpc) is 1.59. The standard InChI is InChI=1S/C34H49N.2C34H47N.C34H45N.CH4/c4*1-32(2,3)35(6)27-17-19-33(4)26(22-27)13-14-28-30-16-15-29(34(30,5)20-18-31(28)33)25-12-11-23-9-7-8-10-24(23)21-25;/h7-12,21,26-31H,13-20,22H2,1-6H3;7-12,15,21,26-28,30-31H,13-14,16-20,22H2,1-6H3;7-13,21,27-31H,14-20,22H2,1-6H3;7-13,15,21,27-28,30-31H,14,16-20,22H2,1-6H3;1H4/t26-,27+,28-,29+,30-,31-,33-,34+;26-,27+,28-,30-,31-,33-,34+;27-,28+,29-,30+,31+,33+,34-;27-,28+,30+,31+,33+,34-;/m0011./s1. The van der Waals surface area contributed by atoms with E-state index in [2.05, 4.69) is 380 Å². The highest BCUT2D eigenvalue weighted by molar-refractivity contribution is 5.89. The molecule has 0 N–H and O–H groups in total. The fourth-order valence-corrected chi connectivity index (χ4v) is 38.0. The Balaban J connectivity index is 0.000000115. The Morgan fingerprint density at radius 2 is 0.546 bits per heavy atom. The van der Waals surface area contributed by atoms with Gasteiger partial charge in [0.05, 0.1) is 0 Å². The fourth-order valence-electron chi connectivity index (χ4n) is 38.0. The van der Waals surface area contributed by atoms with Gasteiger partial charge < -0.3 is 0 Å². The summed E-state index contributed by atoms with van der Waals surface area (Å²) in [6.45, 7) is 50.0. The Kier molecular flexibility index (Phi) is 27.2. The van der Waals surface area contributed by atoms with E-state index in [1.54, 1.807) is 27.8 Å². The molecule has 0 amide bonds. The zero-order chi connectivity index (χ0) is 98.3. The van der Waals surface area contributed by atoms with E-state index in [9.17, 15) is 0 Å². The minimum atomic E-state index is 0. The number of rotatable bonds is 8. The van der Waals surface area contributed by atoms with Crippen LogP contribution in [0.4, 0.5) is 0 Å². The molecule has 8 aromatic rings. The van der Waals surface area contributed by atoms with Gasteiger partial charge in [-0.25, -0.2) is 0 Å². The van der Waals surface area contributed by atoms with Crippen molar-refractivity contribution >= 4 is 54.2 Å². The van der Waals surface area contributed by atoms with Crippen LogP contribution in [0.15, 0.2) is 205 Å². The van der Waals surface area contributed by atoms with E-state index >= 15 is 0 Å². The summed E-state index contributed by atoms with van der Waals surface area (Å²) in [4.78, 5) is 10.7. The molecule has 16 aliphatic carbocycles. The van der Waals surface area contributed by atoms with Crippen molar-refractivity contribution in [1.29, 1.82) is 0 Å². The van der Waals surface area contributed by atoms with Crippen LogP contribution < -0.4 is 0 Å². The smallest absolute Gasteiger partial charge is 0.0135 e. The van der Waals surface area contributed by atoms with Crippen molar-refractivity contribution in [3.63, 3.8) is 0 Å². The Labute approximate surface area is 859 Å². The maximum Gasteiger partial charge on any atom is 0.0135 e. The van der Waals surface area contributed by atoms with E-state index in [0.29, 0.717) is 55.4 Å². The van der Waals surface area contributed by atoms with Crippen LogP contribution in [-0.2, 0) is 0 Å². The predicted octanol–water partition coefficient (Wildman–Crippen LogP) is 36.6. The molecular weight excluding hydrogens is 1700 g/mol. The lowest BCUT2D eigenvalue weighted by Gasteiger charge is -2.62. The van der Waals surface area contributed by atoms with Gasteiger partial charge in [0.1, 0.15) is 0 Å². The van der Waals surface area contributed by atoms with Gasteiger partial charge in [-0.05, 0) is 543 Å². The van der Waals surface area contributed by atoms with Gasteiger partial charge in [0.15, 0.2) is 0 Å². The summed E-state index contributed by atoms with van der Waals surface area (Å²) in [5, 5.41) is 11.1. The van der Waals surface area contributed by atoms with Crippen LogP contribution in [0.3, 0.4) is 0 Å². The highest BCUT2D eigenvalue weighted by Gasteiger charge is 2.65. The molecule has 8 aromatic carbocycles. The van der Waals surface area contributed by atoms with Crippen molar-refractivity contribution < 1.29 is 0 Å². The van der Waals surface area contributed by atoms with Crippen LogP contribution in [0.25, 0.3) is 54.2 Å². The number of hydrogen-bond donors (Lipinski definition) is 0. The molecule has 0 saturated heterocycles. The van der Waals surface area contributed by atoms with Crippen molar-refractivity contribution in [3.8, 4) is 0 Å². The van der Waals surface area contributed by atoms with Gasteiger partial charge in [-0.2, -0.15) is 0 Å². The SMILES string of the molecule is C.CN([C@@H]1CC[C@@]2(C)C(=CC[C@@H]3[C@@H]2CC[C@]2(C)C(c4ccc5ccccc5c4)=CC[C@@H]32)C1)C(C)(C)C.CN([C@@H]1CC[C@@]2(C)C(=CC[C@H]3[C@@H]4CC[C@H](c5ccc6ccccc6c5)[C@@]4(C)CC[C@@H]32)C1)C(C)(C)C.CN([C@@H]1CC[C@@]2(C)[C@@H](CC[C@@H]3[C@@H]2CC[C@]2(C)C(c4ccc5ccccc5c4)=CC[C@@H]32)C1)C(C)(C)C.CN([C@@H]1CC[C@@]2(C)[C@@H](CC[C@@H]3[C@@H]2CC[C@]2(C)[C@@H](c4ccc5ccccc5c4)CC[C@@H]32)C1)C(C)(C)C. The van der Waals surface area contributed by atoms with E-state index in [1.807, 2.05) is 5.57 Å². The summed E-state index contributed by atoms with van der Waals surface area (Å²) in [6.07, 6.45) is 55.6. The second kappa shape index (κ2) is 37.7. The molecule has 0 radical (unpaired) electrons. The average molecular weight is 1900 g/mol. The summed E-state index contributed by atoms with van der Waals surface area (Å²) in [5.41, 5.74) is 17.8. The van der Waals surface area contributed by atoms with Crippen molar-refractivity contribution in [2.24, 2.45) is 126 Å². The van der Waals surface area contributed by atoms with Crippen LogP contribution in [0.1, 0.15) is 385 Å². The summed E-state index contributed by atoms with van der Waals surface area (Å²) in [6, 6.07) is 67.6. The fraction of sp³-hybridized carbons (Fsp3) is 0.650. The molecule has 0 unspecified atom stereocenters. The van der Waals surface area contributed by atoms with Crippen molar-refractivity contribution in [2.75, 3.05) is 28.2 Å². The third-order valence-corrected chi connectivity index (χ3v) is 47.5. The van der Waals surface area contributed by atoms with Crippen molar-refractivity contribution in [1.82, 2.24) is 19.6 Å². The van der Waals surface area contributed by atoms with Crippen LogP contribution in [0, 0.1) is 126 Å². The molecule has 12 saturated carbocycles. The third-order valence-electron chi connectivity index (χ3n) is 47.5. The predicted molar refractivity (Wildman–Crippen MR) is 607 cm³/mol. The highest BCUT2D eigenvalue weighted by atomic mass is 15.2. The van der Waals surface area contributed by atoms with Crippen LogP contribution in [0.2, 0.25) is 0 Å². The molecule has 16 aliphatic rings. The van der Waals surface area contributed by atoms with Crippen LogP contribution >= 0.6 is 0 Å². The monoisotopic (exact) mass is 1890 g/mol.